The molecular formula is C12H17N5. The molecule has 2 rings (SSSR count). The normalized spacial score (nSPS) is 10.5. The Labute approximate surface area is 101 Å². The Hall–Kier alpha value is -2.04. The Morgan fingerprint density at radius 3 is 2.88 bits per heavy atom. The predicted octanol–water partition coefficient (Wildman–Crippen LogP) is 2.01. The summed E-state index contributed by atoms with van der Waals surface area (Å²) in [5, 5.41) is 7.66. The molecule has 0 fully saturated rings. The molecule has 0 atom stereocenters. The van der Waals surface area contributed by atoms with Gasteiger partial charge in [-0.25, -0.2) is 4.98 Å². The first kappa shape index (κ1) is 11.4. The van der Waals surface area contributed by atoms with Gasteiger partial charge in [-0.05, 0) is 25.0 Å². The van der Waals surface area contributed by atoms with Crippen molar-refractivity contribution in [2.45, 2.75) is 20.3 Å². The highest BCUT2D eigenvalue weighted by Crippen LogP contribution is 2.22. The van der Waals surface area contributed by atoms with Crippen LogP contribution < -0.4 is 11.1 Å². The van der Waals surface area contributed by atoms with Crippen molar-refractivity contribution in [1.82, 2.24) is 14.8 Å². The largest absolute Gasteiger partial charge is 0.397 e. The summed E-state index contributed by atoms with van der Waals surface area (Å²) in [4.78, 5) is 4.28. The van der Waals surface area contributed by atoms with Crippen LogP contribution in [0.5, 0.6) is 0 Å². The zero-order valence-corrected chi connectivity index (χ0v) is 10.4. The molecule has 0 spiro atoms. The second kappa shape index (κ2) is 4.45. The van der Waals surface area contributed by atoms with Crippen LogP contribution in [0.1, 0.15) is 18.2 Å². The second-order valence-electron chi connectivity index (χ2n) is 4.08. The van der Waals surface area contributed by atoms with Crippen LogP contribution in [0, 0.1) is 6.92 Å². The third-order valence-corrected chi connectivity index (χ3v) is 2.59. The smallest absolute Gasteiger partial charge is 0.133 e. The molecule has 0 aliphatic carbocycles. The van der Waals surface area contributed by atoms with E-state index in [-0.39, 0.29) is 0 Å². The van der Waals surface area contributed by atoms with E-state index in [4.69, 9.17) is 5.73 Å². The van der Waals surface area contributed by atoms with Gasteiger partial charge in [0.25, 0.3) is 0 Å². The van der Waals surface area contributed by atoms with E-state index in [1.807, 2.05) is 26.2 Å². The van der Waals surface area contributed by atoms with Gasteiger partial charge in [0.1, 0.15) is 5.82 Å². The minimum Gasteiger partial charge on any atom is -0.397 e. The summed E-state index contributed by atoms with van der Waals surface area (Å²) in [6.45, 7) is 4.06. The average molecular weight is 231 g/mol. The van der Waals surface area contributed by atoms with Crippen LogP contribution in [0.4, 0.5) is 17.2 Å². The van der Waals surface area contributed by atoms with Crippen molar-refractivity contribution in [3.63, 3.8) is 0 Å². The zero-order valence-electron chi connectivity index (χ0n) is 10.4. The lowest BCUT2D eigenvalue weighted by Gasteiger charge is -2.08. The molecule has 0 aliphatic rings. The maximum absolute atomic E-state index is 5.67. The van der Waals surface area contributed by atoms with E-state index in [2.05, 4.69) is 22.3 Å². The highest BCUT2D eigenvalue weighted by molar-refractivity contribution is 5.62. The monoisotopic (exact) mass is 231 g/mol. The van der Waals surface area contributed by atoms with Crippen LogP contribution in [0.15, 0.2) is 18.5 Å². The predicted molar refractivity (Wildman–Crippen MR) is 69.3 cm³/mol. The average Bonchev–Trinajstić information content (AvgIpc) is 2.63. The third kappa shape index (κ3) is 2.38. The molecule has 2 heterocycles. The fourth-order valence-corrected chi connectivity index (χ4v) is 1.76. The van der Waals surface area contributed by atoms with Crippen LogP contribution in [0.2, 0.25) is 0 Å². The summed E-state index contributed by atoms with van der Waals surface area (Å²) >= 11 is 0. The molecule has 0 amide bonds. The summed E-state index contributed by atoms with van der Waals surface area (Å²) in [5.41, 5.74) is 9.40. The van der Waals surface area contributed by atoms with Gasteiger partial charge in [0.15, 0.2) is 0 Å². The van der Waals surface area contributed by atoms with Crippen molar-refractivity contribution in [1.29, 1.82) is 0 Å². The fraction of sp³-hybridized carbons (Fsp3) is 0.333. The number of pyridine rings is 1. The molecule has 5 nitrogen and oxygen atoms in total. The molecule has 0 saturated heterocycles. The summed E-state index contributed by atoms with van der Waals surface area (Å²) in [6, 6.07) is 1.90. The van der Waals surface area contributed by atoms with Crippen molar-refractivity contribution in [2.75, 3.05) is 11.1 Å². The minimum absolute atomic E-state index is 0.676. The summed E-state index contributed by atoms with van der Waals surface area (Å²) in [5.74, 6) is 0.821. The first-order valence-corrected chi connectivity index (χ1v) is 5.61. The second-order valence-corrected chi connectivity index (χ2v) is 4.08. The summed E-state index contributed by atoms with van der Waals surface area (Å²) in [6.07, 6.45) is 4.49. The van der Waals surface area contributed by atoms with Gasteiger partial charge in [-0.2, -0.15) is 5.10 Å². The number of hydrogen-bond acceptors (Lipinski definition) is 4. The highest BCUT2D eigenvalue weighted by atomic mass is 15.3. The molecule has 2 aromatic heterocycles. The number of anilines is 3. The topological polar surface area (TPSA) is 68.8 Å². The Balaban J connectivity index is 2.30. The fourth-order valence-electron chi connectivity index (χ4n) is 1.76. The Morgan fingerprint density at radius 1 is 1.47 bits per heavy atom. The van der Waals surface area contributed by atoms with E-state index in [1.54, 1.807) is 10.9 Å². The minimum atomic E-state index is 0.676. The van der Waals surface area contributed by atoms with Gasteiger partial charge in [0.05, 0.1) is 23.3 Å². The molecule has 0 bridgehead atoms. The van der Waals surface area contributed by atoms with Crippen molar-refractivity contribution in [3.8, 4) is 0 Å². The van der Waals surface area contributed by atoms with E-state index in [0.29, 0.717) is 5.69 Å². The lowest BCUT2D eigenvalue weighted by atomic mass is 10.2. The lowest BCUT2D eigenvalue weighted by molar-refractivity contribution is 0.746. The van der Waals surface area contributed by atoms with Crippen LogP contribution in [-0.4, -0.2) is 14.8 Å². The van der Waals surface area contributed by atoms with Crippen LogP contribution in [0.3, 0.4) is 0 Å². The molecule has 0 radical (unpaired) electrons. The molecule has 0 unspecified atom stereocenters. The molecule has 2 aromatic rings. The van der Waals surface area contributed by atoms with Gasteiger partial charge in [0.2, 0.25) is 0 Å². The van der Waals surface area contributed by atoms with Crippen LogP contribution in [-0.2, 0) is 13.5 Å². The van der Waals surface area contributed by atoms with Gasteiger partial charge in [-0.3, -0.25) is 4.68 Å². The van der Waals surface area contributed by atoms with E-state index in [9.17, 15) is 0 Å². The van der Waals surface area contributed by atoms with Crippen molar-refractivity contribution >= 4 is 17.2 Å². The Morgan fingerprint density at radius 2 is 2.24 bits per heavy atom. The van der Waals surface area contributed by atoms with E-state index >= 15 is 0 Å². The number of nitrogens with two attached hydrogens (primary N) is 1. The molecule has 90 valence electrons. The number of nitrogens with one attached hydrogen (secondary N) is 1. The number of aromatic nitrogens is 3. The molecular weight excluding hydrogens is 214 g/mol. The Kier molecular flexibility index (Phi) is 2.99. The standard InChI is InChI=1S/C12H17N5/c1-4-10-11(7-17(3)16-10)15-12-8(2)5-9(13)6-14-12/h5-7H,4,13H2,1-3H3,(H,14,15). The molecule has 3 N–H and O–H groups in total. The molecule has 5 heteroatoms. The quantitative estimate of drug-likeness (QED) is 0.847. The number of hydrogen-bond donors (Lipinski definition) is 2. The van der Waals surface area contributed by atoms with E-state index in [0.717, 1.165) is 29.2 Å². The van der Waals surface area contributed by atoms with Gasteiger partial charge in [-0.15, -0.1) is 0 Å². The van der Waals surface area contributed by atoms with Crippen LogP contribution in [0.25, 0.3) is 0 Å². The Bertz CT molecular complexity index is 530. The maximum Gasteiger partial charge on any atom is 0.133 e. The SMILES string of the molecule is CCc1nn(C)cc1Nc1ncc(N)cc1C. The van der Waals surface area contributed by atoms with Crippen LogP contribution >= 0.6 is 0 Å². The molecule has 0 saturated carbocycles. The van der Waals surface area contributed by atoms with Gasteiger partial charge < -0.3 is 11.1 Å². The lowest BCUT2D eigenvalue weighted by Crippen LogP contribution is -1.99. The zero-order chi connectivity index (χ0) is 12.4. The molecule has 0 aromatic carbocycles. The van der Waals surface area contributed by atoms with Gasteiger partial charge in [0, 0.05) is 13.2 Å². The van der Waals surface area contributed by atoms with Crippen molar-refractivity contribution in [2.24, 2.45) is 7.05 Å². The molecule has 17 heavy (non-hydrogen) atoms. The molecule has 0 aliphatic heterocycles. The van der Waals surface area contributed by atoms with E-state index < -0.39 is 0 Å². The summed E-state index contributed by atoms with van der Waals surface area (Å²) in [7, 11) is 1.91. The van der Waals surface area contributed by atoms with Gasteiger partial charge >= 0.3 is 0 Å². The maximum atomic E-state index is 5.67. The number of nitrogen functional groups attached to an aromatic ring is 1. The van der Waals surface area contributed by atoms with E-state index in [1.165, 1.54) is 0 Å². The number of aryl methyl sites for hydroxylation is 3. The number of rotatable bonds is 3. The van der Waals surface area contributed by atoms with Crippen molar-refractivity contribution in [3.05, 3.63) is 29.7 Å². The van der Waals surface area contributed by atoms with Gasteiger partial charge in [-0.1, -0.05) is 6.92 Å². The first-order valence-electron chi connectivity index (χ1n) is 5.61. The first-order chi connectivity index (χ1) is 8.10. The summed E-state index contributed by atoms with van der Waals surface area (Å²) < 4.78 is 1.80. The number of nitrogens with zero attached hydrogens (tertiary/aromatic N) is 3. The van der Waals surface area contributed by atoms with Crippen molar-refractivity contribution < 1.29 is 0 Å². The highest BCUT2D eigenvalue weighted by Gasteiger charge is 2.08. The third-order valence-electron chi connectivity index (χ3n) is 2.59.